The number of halogens is 4. The predicted octanol–water partition coefficient (Wildman–Crippen LogP) is 7.20. The van der Waals surface area contributed by atoms with Crippen LogP contribution in [0.2, 0.25) is 0 Å². The summed E-state index contributed by atoms with van der Waals surface area (Å²) >= 11 is 0.680. The van der Waals surface area contributed by atoms with Crippen LogP contribution in [0, 0.1) is 5.82 Å². The second-order valence-electron chi connectivity index (χ2n) is 7.39. The minimum absolute atomic E-state index is 0.0173. The summed E-state index contributed by atoms with van der Waals surface area (Å²) in [5, 5.41) is 17.4. The Morgan fingerprint density at radius 2 is 1.63 bits per heavy atom. The lowest BCUT2D eigenvalue weighted by Crippen LogP contribution is -2.27. The van der Waals surface area contributed by atoms with Crippen molar-refractivity contribution in [3.05, 3.63) is 94.1 Å². The largest absolute Gasteiger partial charge is 0.507 e. The first-order valence-corrected chi connectivity index (χ1v) is 10.8. The van der Waals surface area contributed by atoms with Crippen molar-refractivity contribution in [2.24, 2.45) is 10.2 Å². The summed E-state index contributed by atoms with van der Waals surface area (Å²) in [4.78, 5) is 26.1. The van der Waals surface area contributed by atoms with Crippen LogP contribution in [-0.4, -0.2) is 21.2 Å². The molecule has 0 atom stereocenters. The number of thioether (sulfide) groups is 1. The van der Waals surface area contributed by atoms with Crippen LogP contribution in [0.25, 0.3) is 6.08 Å². The number of amides is 2. The van der Waals surface area contributed by atoms with Gasteiger partial charge in [-0.15, -0.1) is 0 Å². The first-order chi connectivity index (χ1) is 16.6. The van der Waals surface area contributed by atoms with Gasteiger partial charge in [0, 0.05) is 5.56 Å². The van der Waals surface area contributed by atoms with E-state index < -0.39 is 28.7 Å². The third kappa shape index (κ3) is 5.75. The lowest BCUT2D eigenvalue weighted by molar-refractivity contribution is -0.137. The van der Waals surface area contributed by atoms with Crippen molar-refractivity contribution in [2.45, 2.75) is 12.7 Å². The van der Waals surface area contributed by atoms with Crippen LogP contribution in [0.3, 0.4) is 0 Å². The predicted molar refractivity (Wildman–Crippen MR) is 122 cm³/mol. The second-order valence-corrected chi connectivity index (χ2v) is 8.38. The molecule has 1 aliphatic heterocycles. The minimum Gasteiger partial charge on any atom is -0.507 e. The average Bonchev–Trinajstić information content (AvgIpc) is 3.08. The third-order valence-corrected chi connectivity index (χ3v) is 5.79. The lowest BCUT2D eigenvalue weighted by atomic mass is 10.1. The first-order valence-electron chi connectivity index (χ1n) is 10.0. The van der Waals surface area contributed by atoms with Gasteiger partial charge in [0.25, 0.3) is 11.1 Å². The molecule has 1 N–H and O–H groups in total. The molecule has 0 aromatic heterocycles. The molecular formula is C24H15F4N3O3S. The number of hydrogen-bond donors (Lipinski definition) is 1. The van der Waals surface area contributed by atoms with E-state index in [1.807, 2.05) is 0 Å². The van der Waals surface area contributed by atoms with Gasteiger partial charge in [-0.3, -0.25) is 14.5 Å². The average molecular weight is 501 g/mol. The molecule has 0 spiro atoms. The van der Waals surface area contributed by atoms with Gasteiger partial charge in [0.05, 0.1) is 28.4 Å². The first kappa shape index (κ1) is 24.1. The van der Waals surface area contributed by atoms with Crippen LogP contribution in [-0.2, 0) is 17.5 Å². The van der Waals surface area contributed by atoms with E-state index in [4.69, 9.17) is 0 Å². The summed E-state index contributed by atoms with van der Waals surface area (Å²) in [6.07, 6.45) is -3.20. The van der Waals surface area contributed by atoms with Crippen LogP contribution < -0.4 is 0 Å². The molecule has 1 fully saturated rings. The molecule has 178 valence electrons. The number of phenolic OH excluding ortho intramolecular Hbond substituents is 1. The zero-order valence-electron chi connectivity index (χ0n) is 17.7. The Kier molecular flexibility index (Phi) is 6.70. The fourth-order valence-corrected chi connectivity index (χ4v) is 3.96. The Labute approximate surface area is 200 Å². The van der Waals surface area contributed by atoms with Crippen molar-refractivity contribution >= 4 is 40.4 Å². The van der Waals surface area contributed by atoms with Crippen LogP contribution >= 0.6 is 11.8 Å². The molecule has 0 unspecified atom stereocenters. The number of aromatic hydroxyl groups is 1. The SMILES string of the molecule is O=C1S/C(=C\c2cc(N=Nc3cccc(C(F)(F)F)c3)ccc2O)C(=O)N1Cc1ccc(F)cc1. The minimum atomic E-state index is -4.52. The van der Waals surface area contributed by atoms with E-state index in [1.54, 1.807) is 0 Å². The Hall–Kier alpha value is -3.99. The van der Waals surface area contributed by atoms with E-state index >= 15 is 0 Å². The fourth-order valence-electron chi connectivity index (χ4n) is 3.13. The highest BCUT2D eigenvalue weighted by atomic mass is 32.2. The van der Waals surface area contributed by atoms with E-state index in [2.05, 4.69) is 10.2 Å². The molecule has 1 aliphatic rings. The fraction of sp³-hybridized carbons (Fsp3) is 0.0833. The van der Waals surface area contributed by atoms with Crippen molar-refractivity contribution in [1.29, 1.82) is 0 Å². The van der Waals surface area contributed by atoms with Gasteiger partial charge >= 0.3 is 6.18 Å². The Morgan fingerprint density at radius 3 is 2.31 bits per heavy atom. The molecule has 0 aliphatic carbocycles. The van der Waals surface area contributed by atoms with Gasteiger partial charge in [-0.25, -0.2) is 4.39 Å². The van der Waals surface area contributed by atoms with Gasteiger partial charge in [-0.05, 0) is 71.9 Å². The summed E-state index contributed by atoms with van der Waals surface area (Å²) in [7, 11) is 0. The zero-order chi connectivity index (χ0) is 25.2. The van der Waals surface area contributed by atoms with Crippen molar-refractivity contribution in [2.75, 3.05) is 0 Å². The Bertz CT molecular complexity index is 1350. The highest BCUT2D eigenvalue weighted by Gasteiger charge is 2.35. The molecule has 1 heterocycles. The molecule has 3 aromatic rings. The highest BCUT2D eigenvalue weighted by Crippen LogP contribution is 2.36. The van der Waals surface area contributed by atoms with Crippen LogP contribution in [0.15, 0.2) is 81.9 Å². The standard InChI is InChI=1S/C24H15F4N3O3S/c25-17-6-4-14(5-7-17)13-31-22(33)21(35-23(31)34)11-15-10-19(8-9-20(15)32)30-29-18-3-1-2-16(12-18)24(26,27)28/h1-12,32H,13H2/b21-11-,30-29?. The molecule has 35 heavy (non-hydrogen) atoms. The maximum absolute atomic E-state index is 13.1. The van der Waals surface area contributed by atoms with Gasteiger partial charge in [0.15, 0.2) is 0 Å². The number of carbonyl (C=O) groups excluding carboxylic acids is 2. The highest BCUT2D eigenvalue weighted by molar-refractivity contribution is 8.18. The number of azo groups is 1. The topological polar surface area (TPSA) is 82.3 Å². The summed E-state index contributed by atoms with van der Waals surface area (Å²) in [5.74, 6) is -1.23. The van der Waals surface area contributed by atoms with Crippen LogP contribution in [0.4, 0.5) is 33.7 Å². The van der Waals surface area contributed by atoms with E-state index in [-0.39, 0.29) is 34.1 Å². The van der Waals surface area contributed by atoms with Gasteiger partial charge in [-0.2, -0.15) is 23.4 Å². The van der Waals surface area contributed by atoms with Crippen molar-refractivity contribution in [1.82, 2.24) is 4.90 Å². The van der Waals surface area contributed by atoms with Gasteiger partial charge in [-0.1, -0.05) is 18.2 Å². The number of phenols is 1. The van der Waals surface area contributed by atoms with E-state index in [0.717, 1.165) is 17.0 Å². The number of carbonyl (C=O) groups is 2. The van der Waals surface area contributed by atoms with Crippen molar-refractivity contribution in [3.63, 3.8) is 0 Å². The summed E-state index contributed by atoms with van der Waals surface area (Å²) in [5.41, 5.74) is 0.0534. The van der Waals surface area contributed by atoms with Crippen molar-refractivity contribution < 1.29 is 32.3 Å². The quantitative estimate of drug-likeness (QED) is 0.228. The molecule has 0 radical (unpaired) electrons. The third-order valence-electron chi connectivity index (χ3n) is 4.88. The Morgan fingerprint density at radius 1 is 0.943 bits per heavy atom. The number of hydrogen-bond acceptors (Lipinski definition) is 6. The molecule has 4 rings (SSSR count). The van der Waals surface area contributed by atoms with Crippen LogP contribution in [0.1, 0.15) is 16.7 Å². The normalized spacial score (nSPS) is 15.5. The van der Waals surface area contributed by atoms with E-state index in [9.17, 15) is 32.3 Å². The van der Waals surface area contributed by atoms with Crippen molar-refractivity contribution in [3.8, 4) is 5.75 Å². The summed E-state index contributed by atoms with van der Waals surface area (Å²) in [6.45, 7) is -0.0422. The van der Waals surface area contributed by atoms with E-state index in [1.165, 1.54) is 60.7 Å². The van der Waals surface area contributed by atoms with Gasteiger partial charge in [0.2, 0.25) is 0 Å². The molecular weight excluding hydrogens is 486 g/mol. The number of rotatable bonds is 5. The molecule has 2 amide bonds. The number of benzene rings is 3. The Balaban J connectivity index is 1.54. The van der Waals surface area contributed by atoms with Crippen LogP contribution in [0.5, 0.6) is 5.75 Å². The van der Waals surface area contributed by atoms with Gasteiger partial charge < -0.3 is 5.11 Å². The second kappa shape index (κ2) is 9.71. The zero-order valence-corrected chi connectivity index (χ0v) is 18.5. The van der Waals surface area contributed by atoms with E-state index in [0.29, 0.717) is 17.3 Å². The molecule has 1 saturated heterocycles. The molecule has 0 saturated carbocycles. The summed E-state index contributed by atoms with van der Waals surface area (Å²) in [6, 6.07) is 13.8. The summed E-state index contributed by atoms with van der Waals surface area (Å²) < 4.78 is 51.7. The smallest absolute Gasteiger partial charge is 0.416 e. The van der Waals surface area contributed by atoms with Gasteiger partial charge in [0.1, 0.15) is 11.6 Å². The lowest BCUT2D eigenvalue weighted by Gasteiger charge is -2.12. The maximum Gasteiger partial charge on any atom is 0.416 e. The monoisotopic (exact) mass is 501 g/mol. The molecule has 3 aromatic carbocycles. The number of nitrogens with zero attached hydrogens (tertiary/aromatic N) is 3. The molecule has 6 nitrogen and oxygen atoms in total. The molecule has 0 bridgehead atoms. The number of imide groups is 1. The maximum atomic E-state index is 13.1. The number of alkyl halides is 3. The molecule has 11 heteroatoms.